The molecule has 6 nitrogen and oxygen atoms in total. The molecular weight excluding hydrogens is 304 g/mol. The van der Waals surface area contributed by atoms with Gasteiger partial charge >= 0.3 is 5.76 Å². The van der Waals surface area contributed by atoms with E-state index in [1.165, 1.54) is 15.8 Å². The quantitative estimate of drug-likeness (QED) is 0.796. The molecule has 0 spiro atoms. The van der Waals surface area contributed by atoms with E-state index in [0.717, 1.165) is 42.7 Å². The molecular formula is C18H20N4O2. The van der Waals surface area contributed by atoms with Crippen molar-refractivity contribution < 1.29 is 4.42 Å². The van der Waals surface area contributed by atoms with Crippen LogP contribution in [0.4, 0.5) is 0 Å². The van der Waals surface area contributed by atoms with Gasteiger partial charge in [-0.2, -0.15) is 0 Å². The van der Waals surface area contributed by atoms with Gasteiger partial charge in [-0.1, -0.05) is 6.07 Å². The molecule has 24 heavy (non-hydrogen) atoms. The molecule has 1 aliphatic rings. The van der Waals surface area contributed by atoms with E-state index in [0.29, 0.717) is 11.6 Å². The minimum atomic E-state index is -0.325. The van der Waals surface area contributed by atoms with Crippen LogP contribution < -0.4 is 11.1 Å². The smallest absolute Gasteiger partial charge is 0.408 e. The zero-order valence-electron chi connectivity index (χ0n) is 13.9. The van der Waals surface area contributed by atoms with Crippen LogP contribution in [0.25, 0.3) is 11.1 Å². The molecule has 0 fully saturated rings. The highest BCUT2D eigenvalue weighted by atomic mass is 16.4. The van der Waals surface area contributed by atoms with Crippen LogP contribution in [-0.4, -0.2) is 20.6 Å². The van der Waals surface area contributed by atoms with Crippen molar-refractivity contribution in [3.05, 3.63) is 57.6 Å². The van der Waals surface area contributed by atoms with Crippen LogP contribution in [0.5, 0.6) is 0 Å². The van der Waals surface area contributed by atoms with Crippen molar-refractivity contribution in [3.63, 3.8) is 0 Å². The number of nitrogens with zero attached hydrogens (tertiary/aromatic N) is 3. The molecule has 2 heterocycles. The summed E-state index contributed by atoms with van der Waals surface area (Å²) in [7, 11) is 1.72. The number of aromatic nitrogens is 3. The monoisotopic (exact) mass is 324 g/mol. The average molecular weight is 324 g/mol. The molecule has 0 radical (unpaired) electrons. The maximum absolute atomic E-state index is 11.6. The Hall–Kier alpha value is -2.47. The first-order valence-electron chi connectivity index (χ1n) is 8.23. The number of fused-ring (bicyclic) bond motifs is 2. The highest BCUT2D eigenvalue weighted by Gasteiger charge is 2.19. The third kappa shape index (κ3) is 2.73. The van der Waals surface area contributed by atoms with Gasteiger partial charge in [-0.15, -0.1) is 0 Å². The van der Waals surface area contributed by atoms with Gasteiger partial charge in [-0.3, -0.25) is 4.57 Å². The van der Waals surface area contributed by atoms with Crippen LogP contribution in [0, 0.1) is 6.92 Å². The summed E-state index contributed by atoms with van der Waals surface area (Å²) in [6.07, 6.45) is 4.98. The Morgan fingerprint density at radius 3 is 3.17 bits per heavy atom. The summed E-state index contributed by atoms with van der Waals surface area (Å²) >= 11 is 0. The lowest BCUT2D eigenvalue weighted by molar-refractivity contribution is 0.451. The van der Waals surface area contributed by atoms with Gasteiger partial charge in [0.25, 0.3) is 0 Å². The second kappa shape index (κ2) is 5.87. The highest BCUT2D eigenvalue weighted by Crippen LogP contribution is 2.20. The van der Waals surface area contributed by atoms with Crippen LogP contribution in [0.3, 0.4) is 0 Å². The minimum Gasteiger partial charge on any atom is -0.408 e. The van der Waals surface area contributed by atoms with E-state index in [2.05, 4.69) is 15.3 Å². The van der Waals surface area contributed by atoms with Crippen molar-refractivity contribution >= 4 is 11.1 Å². The molecule has 1 aliphatic carbocycles. The Bertz CT molecular complexity index is 957. The van der Waals surface area contributed by atoms with Gasteiger partial charge in [0, 0.05) is 31.5 Å². The van der Waals surface area contributed by atoms with Gasteiger partial charge < -0.3 is 9.73 Å². The van der Waals surface area contributed by atoms with Gasteiger partial charge in [-0.25, -0.2) is 14.8 Å². The molecule has 6 heteroatoms. The predicted octanol–water partition coefficient (Wildman–Crippen LogP) is 1.88. The van der Waals surface area contributed by atoms with Crippen LogP contribution in [-0.2, 0) is 26.4 Å². The van der Waals surface area contributed by atoms with E-state index in [1.807, 2.05) is 31.3 Å². The zero-order valence-corrected chi connectivity index (χ0v) is 13.9. The average Bonchev–Trinajstić information content (AvgIpc) is 2.87. The maximum Gasteiger partial charge on any atom is 0.419 e. The van der Waals surface area contributed by atoms with Crippen molar-refractivity contribution in [3.8, 4) is 0 Å². The highest BCUT2D eigenvalue weighted by molar-refractivity contribution is 5.73. The fourth-order valence-corrected chi connectivity index (χ4v) is 3.33. The molecule has 0 bridgehead atoms. The van der Waals surface area contributed by atoms with Gasteiger partial charge in [-0.05, 0) is 49.4 Å². The van der Waals surface area contributed by atoms with Crippen molar-refractivity contribution in [2.24, 2.45) is 7.05 Å². The summed E-state index contributed by atoms with van der Waals surface area (Å²) in [5, 5.41) is 3.60. The van der Waals surface area contributed by atoms with Gasteiger partial charge in [0.05, 0.1) is 5.52 Å². The summed E-state index contributed by atoms with van der Waals surface area (Å²) < 4.78 is 6.77. The molecule has 124 valence electrons. The zero-order chi connectivity index (χ0) is 16.7. The predicted molar refractivity (Wildman–Crippen MR) is 90.9 cm³/mol. The number of hydrogen-bond acceptors (Lipinski definition) is 5. The Labute approximate surface area is 139 Å². The van der Waals surface area contributed by atoms with Gasteiger partial charge in [0.15, 0.2) is 5.58 Å². The Kier molecular flexibility index (Phi) is 3.69. The number of hydrogen-bond donors (Lipinski definition) is 1. The normalized spacial score (nSPS) is 17.2. The number of nitrogens with one attached hydrogen (secondary N) is 1. The topological polar surface area (TPSA) is 73.0 Å². The Balaban J connectivity index is 1.45. The van der Waals surface area contributed by atoms with E-state index in [1.54, 1.807) is 7.05 Å². The van der Waals surface area contributed by atoms with E-state index in [9.17, 15) is 4.79 Å². The van der Waals surface area contributed by atoms with Gasteiger partial charge in [0.1, 0.15) is 5.82 Å². The first kappa shape index (κ1) is 15.1. The molecule has 1 unspecified atom stereocenters. The number of benzene rings is 1. The van der Waals surface area contributed by atoms with E-state index >= 15 is 0 Å². The molecule has 3 aromatic rings. The second-order valence-electron chi connectivity index (χ2n) is 6.44. The first-order chi connectivity index (χ1) is 11.6. The van der Waals surface area contributed by atoms with E-state index in [4.69, 9.17) is 4.42 Å². The molecule has 0 saturated carbocycles. The summed E-state index contributed by atoms with van der Waals surface area (Å²) in [6.45, 7) is 2.68. The first-order valence-corrected chi connectivity index (χ1v) is 8.23. The molecule has 1 atom stereocenters. The molecule has 4 rings (SSSR count). The maximum atomic E-state index is 11.6. The summed E-state index contributed by atoms with van der Waals surface area (Å²) in [5.41, 5.74) is 5.01. The van der Waals surface area contributed by atoms with Crippen LogP contribution in [0.15, 0.2) is 33.6 Å². The van der Waals surface area contributed by atoms with Crippen molar-refractivity contribution in [2.45, 2.75) is 38.8 Å². The SMILES string of the molecule is Cc1ncc2c(n1)CCC(NCc1ccc3c(c1)oc(=O)n3C)C2. The minimum absolute atomic E-state index is 0.325. The largest absolute Gasteiger partial charge is 0.419 e. The lowest BCUT2D eigenvalue weighted by Gasteiger charge is -2.24. The number of rotatable bonds is 3. The Morgan fingerprint density at radius 2 is 2.29 bits per heavy atom. The van der Waals surface area contributed by atoms with Gasteiger partial charge in [0.2, 0.25) is 0 Å². The second-order valence-corrected chi connectivity index (χ2v) is 6.44. The standard InChI is InChI=1S/C18H20N4O2/c1-11-19-10-13-8-14(4-5-15(13)21-11)20-9-12-3-6-16-17(7-12)24-18(23)22(16)2/h3,6-7,10,14,20H,4-5,8-9H2,1-2H3. The fraction of sp³-hybridized carbons (Fsp3) is 0.389. The molecule has 2 aromatic heterocycles. The van der Waals surface area contributed by atoms with Crippen molar-refractivity contribution in [1.82, 2.24) is 19.9 Å². The lowest BCUT2D eigenvalue weighted by Crippen LogP contribution is -2.34. The van der Waals surface area contributed by atoms with E-state index in [-0.39, 0.29) is 5.76 Å². The summed E-state index contributed by atoms with van der Waals surface area (Å²) in [4.78, 5) is 20.4. The lowest BCUT2D eigenvalue weighted by atomic mass is 9.92. The fourth-order valence-electron chi connectivity index (χ4n) is 3.33. The van der Waals surface area contributed by atoms with E-state index < -0.39 is 0 Å². The van der Waals surface area contributed by atoms with Crippen molar-refractivity contribution in [2.75, 3.05) is 0 Å². The summed E-state index contributed by atoms with van der Waals surface area (Å²) in [5.74, 6) is 0.520. The molecule has 1 N–H and O–H groups in total. The van der Waals surface area contributed by atoms with Crippen LogP contribution >= 0.6 is 0 Å². The summed E-state index contributed by atoms with van der Waals surface area (Å²) in [6, 6.07) is 6.33. The van der Waals surface area contributed by atoms with Crippen LogP contribution in [0.2, 0.25) is 0 Å². The third-order valence-corrected chi connectivity index (χ3v) is 4.72. The van der Waals surface area contributed by atoms with Crippen molar-refractivity contribution in [1.29, 1.82) is 0 Å². The molecule has 1 aromatic carbocycles. The third-order valence-electron chi connectivity index (χ3n) is 4.72. The molecule has 0 amide bonds. The Morgan fingerprint density at radius 1 is 1.42 bits per heavy atom. The molecule has 0 saturated heterocycles. The number of oxazole rings is 1. The van der Waals surface area contributed by atoms with Crippen LogP contribution in [0.1, 0.15) is 29.1 Å². The number of aryl methyl sites for hydroxylation is 3. The molecule has 0 aliphatic heterocycles.